The summed E-state index contributed by atoms with van der Waals surface area (Å²) in [5.74, 6) is 0.736. The van der Waals surface area contributed by atoms with Crippen LogP contribution in [0.15, 0.2) is 46.0 Å². The monoisotopic (exact) mass is 327 g/mol. The van der Waals surface area contributed by atoms with E-state index in [1.165, 1.54) is 25.5 Å². The van der Waals surface area contributed by atoms with Crippen LogP contribution in [-0.2, 0) is 20.6 Å². The van der Waals surface area contributed by atoms with Crippen molar-refractivity contribution >= 4 is 0 Å². The normalized spacial score (nSPS) is 15.7. The lowest BCUT2D eigenvalue weighted by atomic mass is 10.1. The van der Waals surface area contributed by atoms with Gasteiger partial charge in [0.2, 0.25) is 0 Å². The predicted molar refractivity (Wildman–Crippen MR) is 94.9 cm³/mol. The zero-order chi connectivity index (χ0) is 17.3. The van der Waals surface area contributed by atoms with E-state index in [2.05, 4.69) is 36.1 Å². The van der Waals surface area contributed by atoms with Crippen molar-refractivity contribution in [2.24, 2.45) is 20.0 Å². The molecular weight excluding hydrogens is 302 g/mol. The van der Waals surface area contributed by atoms with Crippen molar-refractivity contribution in [3.05, 3.63) is 68.5 Å². The molecule has 0 saturated heterocycles. The maximum Gasteiger partial charge on any atom is 0.330 e. The molecule has 24 heavy (non-hydrogen) atoms. The highest BCUT2D eigenvalue weighted by Crippen LogP contribution is 2.33. The third-order valence-corrected chi connectivity index (χ3v) is 5.01. The zero-order valence-corrected chi connectivity index (χ0v) is 14.6. The molecule has 5 heteroatoms. The molecule has 128 valence electrons. The topological polar surface area (TPSA) is 47.2 Å². The minimum Gasteiger partial charge on any atom is -0.299 e. The molecule has 1 aromatic carbocycles. The van der Waals surface area contributed by atoms with Crippen LogP contribution in [0.1, 0.15) is 37.1 Å². The lowest BCUT2D eigenvalue weighted by Crippen LogP contribution is -2.40. The van der Waals surface area contributed by atoms with Gasteiger partial charge in [0.1, 0.15) is 0 Å². The second-order valence-corrected chi connectivity index (χ2v) is 6.83. The lowest BCUT2D eigenvalue weighted by molar-refractivity contribution is 0.187. The fourth-order valence-corrected chi connectivity index (χ4v) is 3.07. The first-order valence-electron chi connectivity index (χ1n) is 8.52. The van der Waals surface area contributed by atoms with Crippen molar-refractivity contribution < 1.29 is 0 Å². The van der Waals surface area contributed by atoms with Crippen LogP contribution in [0.4, 0.5) is 0 Å². The Balaban J connectivity index is 1.90. The molecule has 1 unspecified atom stereocenters. The van der Waals surface area contributed by atoms with E-state index in [4.69, 9.17) is 0 Å². The van der Waals surface area contributed by atoms with E-state index < -0.39 is 0 Å². The van der Waals surface area contributed by atoms with Crippen molar-refractivity contribution in [1.29, 1.82) is 0 Å². The molecule has 3 rings (SSSR count). The van der Waals surface area contributed by atoms with E-state index in [1.54, 1.807) is 17.7 Å². The Kier molecular flexibility index (Phi) is 4.71. The Labute approximate surface area is 142 Å². The van der Waals surface area contributed by atoms with Crippen LogP contribution in [0.5, 0.6) is 0 Å². The number of aromatic nitrogens is 2. The summed E-state index contributed by atoms with van der Waals surface area (Å²) >= 11 is 0. The van der Waals surface area contributed by atoms with Gasteiger partial charge in [0.05, 0.1) is 0 Å². The molecule has 1 heterocycles. The average molecular weight is 327 g/mol. The Hall–Kier alpha value is -2.14. The molecule has 5 nitrogen and oxygen atoms in total. The summed E-state index contributed by atoms with van der Waals surface area (Å²) < 4.78 is 2.73. The maximum absolute atomic E-state index is 12.2. The minimum absolute atomic E-state index is 0.242. The number of hydrogen-bond donors (Lipinski definition) is 0. The molecule has 0 aliphatic heterocycles. The van der Waals surface area contributed by atoms with E-state index in [9.17, 15) is 9.59 Å². The first kappa shape index (κ1) is 16.7. The van der Waals surface area contributed by atoms with Gasteiger partial charge in [-0.15, -0.1) is 0 Å². The van der Waals surface area contributed by atoms with Crippen LogP contribution in [0, 0.1) is 5.92 Å². The van der Waals surface area contributed by atoms with E-state index >= 15 is 0 Å². The van der Waals surface area contributed by atoms with Crippen LogP contribution < -0.4 is 11.2 Å². The molecule has 1 fully saturated rings. The average Bonchev–Trinajstić information content (AvgIpc) is 3.41. The maximum atomic E-state index is 12.2. The molecule has 1 saturated carbocycles. The van der Waals surface area contributed by atoms with Gasteiger partial charge in [-0.05, 0) is 31.2 Å². The second kappa shape index (κ2) is 6.77. The second-order valence-electron chi connectivity index (χ2n) is 6.83. The SMILES string of the molecule is CC(c1ccccc1)N(Cc1cc(=O)n(C)c(=O)n1C)CC1CC1. The van der Waals surface area contributed by atoms with E-state index in [0.29, 0.717) is 6.54 Å². The molecule has 1 aromatic heterocycles. The van der Waals surface area contributed by atoms with Gasteiger partial charge in [-0.1, -0.05) is 30.3 Å². The lowest BCUT2D eigenvalue weighted by Gasteiger charge is -2.30. The molecule has 0 spiro atoms. The Bertz CT molecular complexity index is 819. The molecule has 0 bridgehead atoms. The third kappa shape index (κ3) is 3.51. The van der Waals surface area contributed by atoms with Crippen molar-refractivity contribution in [2.75, 3.05) is 6.54 Å². The molecule has 0 amide bonds. The van der Waals surface area contributed by atoms with Gasteiger partial charge >= 0.3 is 5.69 Å². The standard InChI is InChI=1S/C19H25N3O2/c1-14(16-7-5-4-6-8-16)22(12-15-9-10-15)13-17-11-18(23)21(3)19(24)20(17)2/h4-8,11,14-15H,9-10,12-13H2,1-3H3. The van der Waals surface area contributed by atoms with Gasteiger partial charge in [-0.2, -0.15) is 0 Å². The zero-order valence-electron chi connectivity index (χ0n) is 14.6. The smallest absolute Gasteiger partial charge is 0.299 e. The summed E-state index contributed by atoms with van der Waals surface area (Å²) in [5, 5.41) is 0. The summed E-state index contributed by atoms with van der Waals surface area (Å²) in [6, 6.07) is 12.2. The number of benzene rings is 1. The molecule has 2 aromatic rings. The van der Waals surface area contributed by atoms with E-state index in [0.717, 1.165) is 22.7 Å². The quantitative estimate of drug-likeness (QED) is 0.816. The van der Waals surface area contributed by atoms with Crippen molar-refractivity contribution in [2.45, 2.75) is 32.4 Å². The van der Waals surface area contributed by atoms with E-state index in [-0.39, 0.29) is 17.3 Å². The molecule has 0 N–H and O–H groups in total. The first-order chi connectivity index (χ1) is 11.5. The predicted octanol–water partition coefficient (Wildman–Crippen LogP) is 2.06. The highest BCUT2D eigenvalue weighted by Gasteiger charge is 2.27. The van der Waals surface area contributed by atoms with Crippen molar-refractivity contribution in [3.8, 4) is 0 Å². The summed E-state index contributed by atoms with van der Waals surface area (Å²) in [4.78, 5) is 26.5. The van der Waals surface area contributed by atoms with Crippen LogP contribution in [0.25, 0.3) is 0 Å². The minimum atomic E-state index is -0.267. The molecule has 1 aliphatic rings. The summed E-state index contributed by atoms with van der Waals surface area (Å²) in [6.45, 7) is 3.80. The highest BCUT2D eigenvalue weighted by atomic mass is 16.2. The Morgan fingerprint density at radius 2 is 1.79 bits per heavy atom. The Morgan fingerprint density at radius 3 is 2.42 bits per heavy atom. The summed E-state index contributed by atoms with van der Waals surface area (Å²) in [5.41, 5.74) is 1.52. The van der Waals surface area contributed by atoms with Crippen LogP contribution in [0.2, 0.25) is 0 Å². The Morgan fingerprint density at radius 1 is 1.12 bits per heavy atom. The van der Waals surface area contributed by atoms with Crippen LogP contribution in [-0.4, -0.2) is 20.6 Å². The van der Waals surface area contributed by atoms with Crippen LogP contribution in [0.3, 0.4) is 0 Å². The number of hydrogen-bond acceptors (Lipinski definition) is 3. The van der Waals surface area contributed by atoms with Gasteiger partial charge in [0.15, 0.2) is 0 Å². The van der Waals surface area contributed by atoms with E-state index in [1.807, 2.05) is 6.07 Å². The fourth-order valence-electron chi connectivity index (χ4n) is 3.07. The van der Waals surface area contributed by atoms with Crippen molar-refractivity contribution in [3.63, 3.8) is 0 Å². The van der Waals surface area contributed by atoms with Gasteiger partial charge in [-0.3, -0.25) is 18.8 Å². The van der Waals surface area contributed by atoms with Crippen LogP contribution >= 0.6 is 0 Å². The van der Waals surface area contributed by atoms with Gasteiger partial charge < -0.3 is 0 Å². The van der Waals surface area contributed by atoms with Gasteiger partial charge in [0, 0.05) is 45.0 Å². The largest absolute Gasteiger partial charge is 0.330 e. The summed E-state index contributed by atoms with van der Waals surface area (Å²) in [7, 11) is 3.25. The molecule has 1 atom stereocenters. The van der Waals surface area contributed by atoms with Gasteiger partial charge in [0.25, 0.3) is 5.56 Å². The number of rotatable bonds is 6. The molecular formula is C19H25N3O2. The third-order valence-electron chi connectivity index (χ3n) is 5.01. The number of nitrogens with zero attached hydrogens (tertiary/aromatic N) is 3. The van der Waals surface area contributed by atoms with Gasteiger partial charge in [-0.25, -0.2) is 4.79 Å². The highest BCUT2D eigenvalue weighted by molar-refractivity contribution is 5.19. The molecule has 1 aliphatic carbocycles. The van der Waals surface area contributed by atoms with Crippen molar-refractivity contribution in [1.82, 2.24) is 14.0 Å². The summed E-state index contributed by atoms with van der Waals surface area (Å²) in [6.07, 6.45) is 2.54. The molecule has 0 radical (unpaired) electrons. The first-order valence-corrected chi connectivity index (χ1v) is 8.52. The fraction of sp³-hybridized carbons (Fsp3) is 0.474.